The molecule has 0 unspecified atom stereocenters. The summed E-state index contributed by atoms with van der Waals surface area (Å²) < 4.78 is 50.0. The molecule has 0 saturated carbocycles. The van der Waals surface area contributed by atoms with Gasteiger partial charge in [0.2, 0.25) is 0 Å². The van der Waals surface area contributed by atoms with E-state index in [-0.39, 0.29) is 52.5 Å². The maximum atomic E-state index is 13.8. The lowest BCUT2D eigenvalue weighted by Crippen LogP contribution is -2.19. The average Bonchev–Trinajstić information content (AvgIpc) is 0.829. The van der Waals surface area contributed by atoms with Crippen LogP contribution >= 0.6 is 0 Å². The van der Waals surface area contributed by atoms with Crippen molar-refractivity contribution in [3.63, 3.8) is 0 Å². The molecule has 0 aliphatic rings. The maximum absolute atomic E-state index is 13.8. The van der Waals surface area contributed by atoms with Gasteiger partial charge in [-0.15, -0.1) is 0 Å². The zero-order valence-electron chi connectivity index (χ0n) is 80.8. The van der Waals surface area contributed by atoms with Gasteiger partial charge in [0.15, 0.2) is 0 Å². The van der Waals surface area contributed by atoms with Crippen molar-refractivity contribution in [3.8, 4) is 40.2 Å². The highest BCUT2D eigenvalue weighted by Gasteiger charge is 2.26. The van der Waals surface area contributed by atoms with E-state index in [0.717, 1.165) is 132 Å². The fourth-order valence-corrected chi connectivity index (χ4v) is 15.4. The maximum Gasteiger partial charge on any atom is 0.256 e. The minimum absolute atomic E-state index is 0.159. The first-order valence-corrected chi connectivity index (χ1v) is 46.3. The Hall–Kier alpha value is -15.3. The molecule has 0 fully saturated rings. The molecule has 14 aromatic carbocycles. The van der Waals surface area contributed by atoms with Crippen molar-refractivity contribution in [2.24, 2.45) is 0 Å². The van der Waals surface area contributed by atoms with E-state index in [9.17, 15) is 43.3 Å². The molecule has 0 heterocycles. The fourth-order valence-electron chi connectivity index (χ4n) is 15.4. The van der Waals surface area contributed by atoms with Crippen molar-refractivity contribution in [3.05, 3.63) is 389 Å². The highest BCUT2D eigenvalue weighted by atomic mass is 19.1. The number of aryl methyl sites for hydroxylation is 1. The van der Waals surface area contributed by atoms with Crippen molar-refractivity contribution in [1.82, 2.24) is 19.6 Å². The first-order valence-electron chi connectivity index (χ1n) is 46.3. The predicted molar refractivity (Wildman–Crippen MR) is 561 cm³/mol. The molecule has 0 radical (unpaired) electrons. The molecule has 712 valence electrons. The molecule has 19 nitrogen and oxygen atoms in total. The number of phenolic OH excluding ortho intramolecular Hbond substituents is 3. The van der Waals surface area contributed by atoms with Gasteiger partial charge in [-0.05, 0) is 347 Å². The van der Waals surface area contributed by atoms with Crippen LogP contribution in [0.5, 0.6) is 40.2 Å². The molecule has 0 saturated heterocycles. The standard InChI is InChI=1S/2C31H32N2O3.C28H32N2O3.C27H28F2N2O2/c1-4-27(29-11-7-9-22-8-5-6-10-28(22)29)30(23-12-16-25(34)17-13-23)31(35)32-24-14-18-26(19-15-24)36-21-20-33(2)3;1-4-29(25-10-9-22-7-5-6-8-24(22)21-25)30(23-11-15-27(34)16-12-23)31(35)32-26-13-17-28(18-14-26)36-20-19-33(2)3;1-5-25(26-9-7-6-8-20(26)2)27(21-10-14-23(31)15-11-21)28(32)29-22-12-16-24(17-13-22)33-19-18-30(3)4;1-4-25(19-5-9-21(28)10-6-19)26(20-7-11-22(29)12-8-20)27(32)30-23-13-15-24(16-14-23)33-18-17-31(2)3/h5-19,34H,4,20-21H2,1-3H3,(H,32,35);5-18,21,34H,4,19-20H2,1-3H3,(H,32,35);6-17,31H,5,18-19H2,1-4H3,(H,29,32);5-16H,4,17-18H2,1-3H3,(H,30,32)/b30-27+;30-29+;27-25+;26-25+. The van der Waals surface area contributed by atoms with E-state index in [2.05, 4.69) is 111 Å². The van der Waals surface area contributed by atoms with Crippen molar-refractivity contribution < 1.29 is 62.2 Å². The number of likely N-dealkylation sites (N-methyl/N-ethyl adjacent to an activating group) is 4. The summed E-state index contributed by atoms with van der Waals surface area (Å²) in [5, 5.41) is 46.0. The minimum atomic E-state index is -0.386. The number of allylic oxidation sites excluding steroid dienone is 4. The number of carbonyl (C=O) groups excluding carboxylic acids is 4. The number of amides is 4. The third-order valence-corrected chi connectivity index (χ3v) is 22.7. The highest BCUT2D eigenvalue weighted by Crippen LogP contribution is 2.40. The molecule has 4 amide bonds. The number of phenols is 3. The summed E-state index contributed by atoms with van der Waals surface area (Å²) in [5.41, 5.74) is 16.2. The summed E-state index contributed by atoms with van der Waals surface area (Å²) in [7, 11) is 16.0. The lowest BCUT2D eigenvalue weighted by Gasteiger charge is -2.17. The number of hydrogen-bond acceptors (Lipinski definition) is 15. The molecule has 138 heavy (non-hydrogen) atoms. The van der Waals surface area contributed by atoms with Crippen LogP contribution in [-0.2, 0) is 19.2 Å². The summed E-state index contributed by atoms with van der Waals surface area (Å²) in [6, 6.07) is 98.4. The second-order valence-corrected chi connectivity index (χ2v) is 33.9. The van der Waals surface area contributed by atoms with Crippen molar-refractivity contribution in [1.29, 1.82) is 0 Å². The third kappa shape index (κ3) is 30.4. The van der Waals surface area contributed by atoms with Crippen LogP contribution in [0.15, 0.2) is 328 Å². The number of anilines is 4. The summed E-state index contributed by atoms with van der Waals surface area (Å²) in [5.74, 6) is 1.81. The molecule has 21 heteroatoms. The number of fused-ring (bicyclic) bond motifs is 2. The molecule has 0 aliphatic carbocycles. The largest absolute Gasteiger partial charge is 0.508 e. The van der Waals surface area contributed by atoms with E-state index in [1.165, 1.54) is 24.3 Å². The van der Waals surface area contributed by atoms with Gasteiger partial charge in [-0.3, -0.25) is 19.2 Å². The summed E-state index contributed by atoms with van der Waals surface area (Å²) in [4.78, 5) is 62.6. The van der Waals surface area contributed by atoms with Crippen molar-refractivity contribution in [2.75, 3.05) is 130 Å². The van der Waals surface area contributed by atoms with Crippen LogP contribution in [0.4, 0.5) is 31.5 Å². The van der Waals surface area contributed by atoms with Gasteiger partial charge in [-0.25, -0.2) is 8.78 Å². The van der Waals surface area contributed by atoms with Crippen molar-refractivity contribution in [2.45, 2.75) is 60.3 Å². The Kier molecular flexibility index (Phi) is 38.9. The van der Waals surface area contributed by atoms with Crippen LogP contribution in [0, 0.1) is 18.6 Å². The van der Waals surface area contributed by atoms with Crippen LogP contribution in [0.2, 0.25) is 0 Å². The van der Waals surface area contributed by atoms with E-state index < -0.39 is 0 Å². The summed E-state index contributed by atoms with van der Waals surface area (Å²) in [6.07, 6.45) is 2.55. The van der Waals surface area contributed by atoms with E-state index >= 15 is 0 Å². The van der Waals surface area contributed by atoms with E-state index in [4.69, 9.17) is 18.9 Å². The van der Waals surface area contributed by atoms with Gasteiger partial charge in [0.1, 0.15) is 78.3 Å². The topological polar surface area (TPSA) is 227 Å². The van der Waals surface area contributed by atoms with Gasteiger partial charge < -0.3 is 75.1 Å². The zero-order valence-corrected chi connectivity index (χ0v) is 80.8. The first kappa shape index (κ1) is 103. The van der Waals surface area contributed by atoms with Gasteiger partial charge in [-0.2, -0.15) is 0 Å². The Bertz CT molecular complexity index is 6470. The van der Waals surface area contributed by atoms with Gasteiger partial charge >= 0.3 is 0 Å². The highest BCUT2D eigenvalue weighted by molar-refractivity contribution is 6.34. The van der Waals surface area contributed by atoms with E-state index in [0.29, 0.717) is 108 Å². The SMILES string of the molecule is CC/C(=C(\C(=O)Nc1ccc(OCCN(C)C)cc1)c1ccc(F)cc1)c1ccc(F)cc1.CC/C(=C(\C(=O)Nc1ccc(OCCN(C)C)cc1)c1ccc(O)cc1)c1ccc2ccccc2c1.CC/C(=C(\C(=O)Nc1ccc(OCCN(C)C)cc1)c1ccc(O)cc1)c1cccc2ccccc12.CC/C(=C(\C(=O)Nc1ccc(OCCN(C)C)cc1)c1ccc(O)cc1)c1ccccc1C. The van der Waals surface area contributed by atoms with E-state index in [1.807, 2.05) is 203 Å². The third-order valence-electron chi connectivity index (χ3n) is 22.7. The monoisotopic (exact) mass is 1850 g/mol. The Morgan fingerprint density at radius 2 is 0.543 bits per heavy atom. The van der Waals surface area contributed by atoms with Crippen LogP contribution < -0.4 is 40.2 Å². The first-order chi connectivity index (χ1) is 66.6. The number of rotatable bonds is 36. The number of aromatic hydroxyl groups is 3. The molecule has 0 bridgehead atoms. The number of nitrogens with zero attached hydrogens (tertiary/aromatic N) is 4. The molecule has 0 aromatic heterocycles. The molecule has 7 N–H and O–H groups in total. The second-order valence-electron chi connectivity index (χ2n) is 33.9. The number of nitrogens with one attached hydrogen (secondary N) is 4. The van der Waals surface area contributed by atoms with E-state index in [1.54, 1.807) is 121 Å². The van der Waals surface area contributed by atoms with Crippen molar-refractivity contribution >= 4 is 113 Å². The average molecular weight is 1860 g/mol. The Morgan fingerprint density at radius 3 is 0.884 bits per heavy atom. The zero-order chi connectivity index (χ0) is 98.6. The molecular formula is C117H124F2N8O11. The fraction of sp³-hybridized carbons (Fsp3) is 0.214. The molecular weight excluding hydrogens is 1730 g/mol. The second kappa shape index (κ2) is 52.0. The summed E-state index contributed by atoms with van der Waals surface area (Å²) >= 11 is 0. The predicted octanol–water partition coefficient (Wildman–Crippen LogP) is 24.4. The van der Waals surface area contributed by atoms with Crippen LogP contribution in [0.3, 0.4) is 0 Å². The van der Waals surface area contributed by atoms with Crippen LogP contribution in [0.25, 0.3) is 66.1 Å². The normalized spacial score (nSPS) is 11.8. The number of hydrogen-bond donors (Lipinski definition) is 7. The molecule has 14 aromatic rings. The lowest BCUT2D eigenvalue weighted by atomic mass is 9.89. The van der Waals surface area contributed by atoms with Gasteiger partial charge in [0.05, 0.1) is 22.3 Å². The Morgan fingerprint density at radius 1 is 0.275 bits per heavy atom. The number of ether oxygens (including phenoxy) is 4. The van der Waals surface area contributed by atoms with Gasteiger partial charge in [0, 0.05) is 48.9 Å². The molecule has 0 atom stereocenters. The smallest absolute Gasteiger partial charge is 0.256 e. The van der Waals surface area contributed by atoms with Crippen LogP contribution in [-0.4, -0.2) is 168 Å². The minimum Gasteiger partial charge on any atom is -0.508 e. The lowest BCUT2D eigenvalue weighted by molar-refractivity contribution is -0.111. The summed E-state index contributed by atoms with van der Waals surface area (Å²) in [6.45, 7) is 15.8. The quantitative estimate of drug-likeness (QED) is 0.0143. The number of halogens is 2. The number of benzene rings is 14. The van der Waals surface area contributed by atoms with Crippen LogP contribution in [0.1, 0.15) is 103 Å². The van der Waals surface area contributed by atoms with Gasteiger partial charge in [0.25, 0.3) is 23.6 Å². The van der Waals surface area contributed by atoms with Gasteiger partial charge in [-0.1, -0.05) is 191 Å². The molecule has 0 aliphatic heterocycles. The molecule has 14 rings (SSSR count). The Labute approximate surface area is 809 Å². The Balaban J connectivity index is 0.000000177. The number of carbonyl (C=O) groups is 4. The molecule has 0 spiro atoms.